The first-order valence-corrected chi connectivity index (χ1v) is 9.01. The van der Waals surface area contributed by atoms with Gasteiger partial charge in [0.1, 0.15) is 0 Å². The van der Waals surface area contributed by atoms with E-state index in [1.807, 2.05) is 30.7 Å². The van der Waals surface area contributed by atoms with Crippen LogP contribution < -0.4 is 0 Å². The average Bonchev–Trinajstić information content (AvgIpc) is 2.71. The van der Waals surface area contributed by atoms with Crippen LogP contribution in [0.2, 0.25) is 0 Å². The first-order chi connectivity index (χ1) is 12.4. The molecular weight excluding hydrogens is 306 g/mol. The molecule has 0 aliphatic carbocycles. The lowest BCUT2D eigenvalue weighted by atomic mass is 9.90. The third-order valence-corrected chi connectivity index (χ3v) is 5.09. The van der Waals surface area contributed by atoms with Crippen LogP contribution >= 0.6 is 0 Å². The minimum atomic E-state index is 0.686. The molecule has 1 aliphatic heterocycles. The van der Waals surface area contributed by atoms with E-state index < -0.39 is 0 Å². The van der Waals surface area contributed by atoms with Crippen molar-refractivity contribution in [3.63, 3.8) is 0 Å². The number of aromatic nitrogens is 2. The predicted molar refractivity (Wildman–Crippen MR) is 101 cm³/mol. The molecule has 0 spiro atoms. The van der Waals surface area contributed by atoms with Crippen LogP contribution in [-0.4, -0.2) is 28.0 Å². The van der Waals surface area contributed by atoms with Crippen LogP contribution in [0.4, 0.5) is 0 Å². The molecule has 0 unspecified atom stereocenters. The van der Waals surface area contributed by atoms with E-state index in [1.165, 1.54) is 29.5 Å². The van der Waals surface area contributed by atoms with Gasteiger partial charge in [0.2, 0.25) is 0 Å². The molecule has 0 amide bonds. The zero-order valence-electron chi connectivity index (χ0n) is 14.4. The molecule has 3 aromatic rings. The normalized spacial score (nSPS) is 16.0. The fourth-order valence-electron chi connectivity index (χ4n) is 3.63. The monoisotopic (exact) mass is 329 g/mol. The summed E-state index contributed by atoms with van der Waals surface area (Å²) in [7, 11) is 0. The number of benzene rings is 1. The molecule has 126 valence electrons. The Morgan fingerprint density at radius 3 is 2.28 bits per heavy atom. The molecular formula is C22H23N3. The van der Waals surface area contributed by atoms with Crippen LogP contribution in [0.15, 0.2) is 73.2 Å². The second kappa shape index (κ2) is 7.58. The maximum atomic E-state index is 4.42. The van der Waals surface area contributed by atoms with Crippen molar-refractivity contribution in [3.05, 3.63) is 84.3 Å². The van der Waals surface area contributed by atoms with Gasteiger partial charge in [0.25, 0.3) is 0 Å². The lowest BCUT2D eigenvalue weighted by molar-refractivity contribution is 0.204. The quantitative estimate of drug-likeness (QED) is 0.704. The third-order valence-electron chi connectivity index (χ3n) is 5.09. The van der Waals surface area contributed by atoms with Crippen LogP contribution in [0.1, 0.15) is 29.9 Å². The van der Waals surface area contributed by atoms with Gasteiger partial charge in [-0.2, -0.15) is 0 Å². The minimum Gasteiger partial charge on any atom is -0.299 e. The number of hydrogen-bond acceptors (Lipinski definition) is 3. The van der Waals surface area contributed by atoms with Crippen molar-refractivity contribution in [3.8, 4) is 11.3 Å². The van der Waals surface area contributed by atoms with Crippen molar-refractivity contribution in [2.24, 2.45) is 0 Å². The van der Waals surface area contributed by atoms with Crippen LogP contribution in [0.3, 0.4) is 0 Å². The molecule has 0 N–H and O–H groups in total. The van der Waals surface area contributed by atoms with Gasteiger partial charge in [0.05, 0.1) is 5.69 Å². The number of pyridine rings is 2. The average molecular weight is 329 g/mol. The summed E-state index contributed by atoms with van der Waals surface area (Å²) in [4.78, 5) is 11.1. The standard InChI is InChI=1S/C22H23N3/c1-2-12-24-22(3-1)21-6-4-18(5-7-21)17-25-15-10-20(11-16-25)19-8-13-23-14-9-19/h1-9,12-14,20H,10-11,15-17H2. The Hall–Kier alpha value is -2.52. The summed E-state index contributed by atoms with van der Waals surface area (Å²) in [5.74, 6) is 0.686. The molecule has 1 aromatic carbocycles. The zero-order valence-corrected chi connectivity index (χ0v) is 14.4. The second-order valence-corrected chi connectivity index (χ2v) is 6.74. The van der Waals surface area contributed by atoms with Gasteiger partial charge in [0, 0.05) is 30.7 Å². The van der Waals surface area contributed by atoms with Gasteiger partial charge in [-0.15, -0.1) is 0 Å². The fraction of sp³-hybridized carbons (Fsp3) is 0.273. The van der Waals surface area contributed by atoms with Crippen molar-refractivity contribution >= 4 is 0 Å². The number of nitrogens with zero attached hydrogens (tertiary/aromatic N) is 3. The van der Waals surface area contributed by atoms with Gasteiger partial charge < -0.3 is 0 Å². The molecule has 0 saturated carbocycles. The first-order valence-electron chi connectivity index (χ1n) is 9.01. The van der Waals surface area contributed by atoms with Crippen molar-refractivity contribution in [2.45, 2.75) is 25.3 Å². The highest BCUT2D eigenvalue weighted by molar-refractivity contribution is 5.58. The van der Waals surface area contributed by atoms with Crippen molar-refractivity contribution in [2.75, 3.05) is 13.1 Å². The fourth-order valence-corrected chi connectivity index (χ4v) is 3.63. The molecule has 0 radical (unpaired) electrons. The Morgan fingerprint density at radius 1 is 0.840 bits per heavy atom. The van der Waals surface area contributed by atoms with Gasteiger partial charge >= 0.3 is 0 Å². The SMILES string of the molecule is c1ccc(-c2ccc(CN3CCC(c4ccncc4)CC3)cc2)nc1. The van der Waals surface area contributed by atoms with E-state index in [2.05, 4.69) is 57.3 Å². The number of piperidine rings is 1. The van der Waals surface area contributed by atoms with E-state index >= 15 is 0 Å². The Labute approximate surface area is 149 Å². The molecule has 4 rings (SSSR count). The molecule has 2 aromatic heterocycles. The van der Waals surface area contributed by atoms with Crippen LogP contribution in [0.5, 0.6) is 0 Å². The molecule has 3 nitrogen and oxygen atoms in total. The highest BCUT2D eigenvalue weighted by atomic mass is 15.1. The molecule has 1 saturated heterocycles. The lowest BCUT2D eigenvalue weighted by Crippen LogP contribution is -2.32. The summed E-state index contributed by atoms with van der Waals surface area (Å²) in [6.07, 6.45) is 8.12. The Morgan fingerprint density at radius 2 is 1.60 bits per heavy atom. The van der Waals surface area contributed by atoms with Gasteiger partial charge in [0.15, 0.2) is 0 Å². The summed E-state index contributed by atoms with van der Waals surface area (Å²) in [5.41, 5.74) is 5.03. The summed E-state index contributed by atoms with van der Waals surface area (Å²) in [6.45, 7) is 3.36. The van der Waals surface area contributed by atoms with E-state index in [-0.39, 0.29) is 0 Å². The molecule has 25 heavy (non-hydrogen) atoms. The van der Waals surface area contributed by atoms with Crippen LogP contribution in [-0.2, 0) is 6.54 Å². The first kappa shape index (κ1) is 16.0. The molecule has 3 heteroatoms. The van der Waals surface area contributed by atoms with Gasteiger partial charge in [-0.25, -0.2) is 0 Å². The zero-order chi connectivity index (χ0) is 16.9. The van der Waals surface area contributed by atoms with Gasteiger partial charge in [-0.05, 0) is 67.2 Å². The largest absolute Gasteiger partial charge is 0.299 e. The highest BCUT2D eigenvalue weighted by Gasteiger charge is 2.20. The lowest BCUT2D eigenvalue weighted by Gasteiger charge is -2.32. The van der Waals surface area contributed by atoms with E-state index in [1.54, 1.807) is 0 Å². The topological polar surface area (TPSA) is 29.0 Å². The third kappa shape index (κ3) is 3.94. The summed E-state index contributed by atoms with van der Waals surface area (Å²) < 4.78 is 0. The van der Waals surface area contributed by atoms with Crippen molar-refractivity contribution in [1.82, 2.24) is 14.9 Å². The van der Waals surface area contributed by atoms with E-state index in [0.717, 1.165) is 25.3 Å². The van der Waals surface area contributed by atoms with E-state index in [4.69, 9.17) is 0 Å². The number of hydrogen-bond donors (Lipinski definition) is 0. The van der Waals surface area contributed by atoms with Gasteiger partial charge in [-0.1, -0.05) is 30.3 Å². The number of rotatable bonds is 4. The van der Waals surface area contributed by atoms with Crippen molar-refractivity contribution < 1.29 is 0 Å². The molecule has 1 aliphatic rings. The number of likely N-dealkylation sites (tertiary alicyclic amines) is 1. The summed E-state index contributed by atoms with van der Waals surface area (Å²) >= 11 is 0. The van der Waals surface area contributed by atoms with Gasteiger partial charge in [-0.3, -0.25) is 14.9 Å². The van der Waals surface area contributed by atoms with E-state index in [9.17, 15) is 0 Å². The van der Waals surface area contributed by atoms with E-state index in [0.29, 0.717) is 5.92 Å². The van der Waals surface area contributed by atoms with Crippen LogP contribution in [0, 0.1) is 0 Å². The van der Waals surface area contributed by atoms with Crippen molar-refractivity contribution in [1.29, 1.82) is 0 Å². The predicted octanol–water partition coefficient (Wildman–Crippen LogP) is 4.52. The second-order valence-electron chi connectivity index (χ2n) is 6.74. The Bertz CT molecular complexity index is 777. The molecule has 3 heterocycles. The van der Waals surface area contributed by atoms with Crippen LogP contribution in [0.25, 0.3) is 11.3 Å². The molecule has 1 fully saturated rings. The molecule has 0 atom stereocenters. The summed E-state index contributed by atoms with van der Waals surface area (Å²) in [5, 5.41) is 0. The highest BCUT2D eigenvalue weighted by Crippen LogP contribution is 2.28. The summed E-state index contributed by atoms with van der Waals surface area (Å²) in [6, 6.07) is 19.2. The minimum absolute atomic E-state index is 0.686. The molecule has 0 bridgehead atoms. The Balaban J connectivity index is 1.34. The maximum absolute atomic E-state index is 4.42. The Kier molecular flexibility index (Phi) is 4.84. The maximum Gasteiger partial charge on any atom is 0.0701 e. The smallest absolute Gasteiger partial charge is 0.0701 e.